The molecule has 6 aromatic rings. The smallest absolute Gasteiger partial charge is 0.329 e. The van der Waals surface area contributed by atoms with Crippen LogP contribution in [0.2, 0.25) is 0 Å². The average molecular weight is 818 g/mol. The third kappa shape index (κ3) is 8.31. The molecule has 0 aliphatic rings. The molecule has 2 heterocycles. The molecule has 0 bridgehead atoms. The Balaban J connectivity index is 1.26. The summed E-state index contributed by atoms with van der Waals surface area (Å²) >= 11 is 0. The minimum absolute atomic E-state index is 0.269. The molecule has 0 aliphatic heterocycles. The number of anilines is 1. The first-order chi connectivity index (χ1) is 27.6. The highest BCUT2D eigenvalue weighted by molar-refractivity contribution is 7.92. The van der Waals surface area contributed by atoms with Crippen molar-refractivity contribution in [3.05, 3.63) is 119 Å². The zero-order chi connectivity index (χ0) is 41.9. The van der Waals surface area contributed by atoms with E-state index in [-0.39, 0.29) is 11.3 Å². The summed E-state index contributed by atoms with van der Waals surface area (Å²) in [6, 6.07) is 16.2. The van der Waals surface area contributed by atoms with E-state index in [1.165, 1.54) is 68.4 Å². The Hall–Kier alpha value is -6.46. The van der Waals surface area contributed by atoms with Crippen LogP contribution in [-0.4, -0.2) is 66.5 Å². The van der Waals surface area contributed by atoms with Crippen LogP contribution in [0.1, 0.15) is 35.3 Å². The Morgan fingerprint density at radius 1 is 0.914 bits per heavy atom. The SMILES string of the molecule is CCOCc1cc(OC)c(-c2ccc(CC(C)(NC(=O)c3c(F)cc(NS(=O)(=O)c4ccc(-c5ccnc(F)c5)cc4)cc3F)C(=O)O)c3c2cnn3C)c(OC)c1. The van der Waals surface area contributed by atoms with E-state index in [1.807, 2.05) is 19.1 Å². The number of aliphatic carboxylic acids is 1. The molecule has 0 aliphatic carbocycles. The Morgan fingerprint density at radius 2 is 1.57 bits per heavy atom. The zero-order valence-electron chi connectivity index (χ0n) is 31.9. The highest BCUT2D eigenvalue weighted by Crippen LogP contribution is 2.43. The summed E-state index contributed by atoms with van der Waals surface area (Å²) in [5.74, 6) is -5.53. The fourth-order valence-electron chi connectivity index (χ4n) is 6.60. The summed E-state index contributed by atoms with van der Waals surface area (Å²) in [6.45, 7) is 3.92. The van der Waals surface area contributed by atoms with Gasteiger partial charge in [-0.05, 0) is 78.6 Å². The molecule has 13 nitrogen and oxygen atoms in total. The van der Waals surface area contributed by atoms with Gasteiger partial charge in [0.2, 0.25) is 5.95 Å². The number of halogens is 3. The first-order valence-electron chi connectivity index (χ1n) is 17.7. The molecule has 302 valence electrons. The van der Waals surface area contributed by atoms with E-state index in [0.29, 0.717) is 75.6 Å². The predicted molar refractivity (Wildman–Crippen MR) is 209 cm³/mol. The summed E-state index contributed by atoms with van der Waals surface area (Å²) < 4.78 is 91.4. The second-order valence-corrected chi connectivity index (χ2v) is 15.1. The number of sulfonamides is 1. The number of hydrogen-bond acceptors (Lipinski definition) is 9. The van der Waals surface area contributed by atoms with Crippen molar-refractivity contribution in [2.24, 2.45) is 7.05 Å². The van der Waals surface area contributed by atoms with Crippen LogP contribution in [0.5, 0.6) is 11.5 Å². The first kappa shape index (κ1) is 41.2. The van der Waals surface area contributed by atoms with Gasteiger partial charge in [0.05, 0.1) is 48.7 Å². The van der Waals surface area contributed by atoms with Crippen LogP contribution in [0.15, 0.2) is 90.1 Å². The molecule has 1 atom stereocenters. The maximum absolute atomic E-state index is 15.5. The van der Waals surface area contributed by atoms with Gasteiger partial charge in [-0.1, -0.05) is 24.3 Å². The van der Waals surface area contributed by atoms with Crippen molar-refractivity contribution >= 4 is 38.5 Å². The summed E-state index contributed by atoms with van der Waals surface area (Å²) in [6.07, 6.45) is 2.51. The summed E-state index contributed by atoms with van der Waals surface area (Å²) in [7, 11) is 0.312. The van der Waals surface area contributed by atoms with E-state index in [4.69, 9.17) is 14.2 Å². The van der Waals surface area contributed by atoms with Crippen molar-refractivity contribution < 1.29 is 50.5 Å². The molecule has 58 heavy (non-hydrogen) atoms. The van der Waals surface area contributed by atoms with E-state index in [2.05, 4.69) is 20.1 Å². The Labute approximate surface area is 331 Å². The number of aromatic nitrogens is 3. The quantitative estimate of drug-likeness (QED) is 0.0928. The van der Waals surface area contributed by atoms with Crippen molar-refractivity contribution in [3.8, 4) is 33.8 Å². The molecule has 4 aromatic carbocycles. The molecule has 1 amide bonds. The highest BCUT2D eigenvalue weighted by Gasteiger charge is 2.38. The van der Waals surface area contributed by atoms with Crippen LogP contribution in [0.4, 0.5) is 18.9 Å². The fraction of sp³-hybridized carbons (Fsp3) is 0.220. The second kappa shape index (κ2) is 16.6. The van der Waals surface area contributed by atoms with Gasteiger partial charge in [-0.25, -0.2) is 27.0 Å². The number of carbonyl (C=O) groups is 2. The highest BCUT2D eigenvalue weighted by atomic mass is 32.2. The number of pyridine rings is 1. The molecular formula is C41H38F3N5O8S. The summed E-state index contributed by atoms with van der Waals surface area (Å²) in [5, 5.41) is 17.7. The van der Waals surface area contributed by atoms with E-state index in [1.54, 1.807) is 25.4 Å². The van der Waals surface area contributed by atoms with Crippen LogP contribution in [0, 0.1) is 17.6 Å². The maximum Gasteiger partial charge on any atom is 0.329 e. The number of fused-ring (bicyclic) bond motifs is 1. The largest absolute Gasteiger partial charge is 0.496 e. The molecule has 0 saturated carbocycles. The van der Waals surface area contributed by atoms with E-state index in [0.717, 1.165) is 5.56 Å². The molecule has 2 aromatic heterocycles. The minimum Gasteiger partial charge on any atom is -0.496 e. The number of nitrogens with zero attached hydrogens (tertiary/aromatic N) is 3. The van der Waals surface area contributed by atoms with Crippen molar-refractivity contribution in [2.45, 2.75) is 37.3 Å². The topological polar surface area (TPSA) is 171 Å². The molecule has 17 heteroatoms. The number of amides is 1. The maximum atomic E-state index is 15.5. The number of ether oxygens (including phenoxy) is 3. The van der Waals surface area contributed by atoms with Gasteiger partial charge in [0.25, 0.3) is 15.9 Å². The predicted octanol–water partition coefficient (Wildman–Crippen LogP) is 6.89. The minimum atomic E-state index is -4.39. The van der Waals surface area contributed by atoms with Crippen molar-refractivity contribution in [1.29, 1.82) is 0 Å². The number of carboxylic acid groups (broad SMARTS) is 1. The monoisotopic (exact) mass is 817 g/mol. The first-order valence-corrected chi connectivity index (χ1v) is 19.1. The van der Waals surface area contributed by atoms with Gasteiger partial charge in [0.1, 0.15) is 34.2 Å². The third-order valence-corrected chi connectivity index (χ3v) is 10.8. The van der Waals surface area contributed by atoms with E-state index in [9.17, 15) is 27.5 Å². The van der Waals surface area contributed by atoms with Crippen molar-refractivity contribution in [3.63, 3.8) is 0 Å². The average Bonchev–Trinajstić information content (AvgIpc) is 3.58. The summed E-state index contributed by atoms with van der Waals surface area (Å²) in [5.41, 5.74) is 0.185. The van der Waals surface area contributed by atoms with Crippen LogP contribution < -0.4 is 19.5 Å². The summed E-state index contributed by atoms with van der Waals surface area (Å²) in [4.78, 5) is 29.5. The van der Waals surface area contributed by atoms with E-state index < -0.39 is 56.3 Å². The number of aryl methyl sites for hydroxylation is 1. The number of nitrogens with one attached hydrogen (secondary N) is 2. The Kier molecular flexibility index (Phi) is 11.8. The number of rotatable bonds is 15. The molecule has 0 radical (unpaired) electrons. The van der Waals surface area contributed by atoms with Crippen LogP contribution in [0.25, 0.3) is 33.2 Å². The number of carboxylic acids is 1. The molecule has 6 rings (SSSR count). The molecule has 0 spiro atoms. The van der Waals surface area contributed by atoms with Crippen LogP contribution >= 0.6 is 0 Å². The number of hydrogen-bond donors (Lipinski definition) is 3. The fourth-order valence-corrected chi connectivity index (χ4v) is 7.64. The van der Waals surface area contributed by atoms with Gasteiger partial charge >= 0.3 is 5.97 Å². The lowest BCUT2D eigenvalue weighted by atomic mass is 9.89. The second-order valence-electron chi connectivity index (χ2n) is 13.4. The van der Waals surface area contributed by atoms with Crippen molar-refractivity contribution in [2.75, 3.05) is 25.5 Å². The van der Waals surface area contributed by atoms with Gasteiger partial charge in [-0.3, -0.25) is 14.2 Å². The van der Waals surface area contributed by atoms with Gasteiger partial charge < -0.3 is 24.6 Å². The van der Waals surface area contributed by atoms with Crippen LogP contribution in [-0.2, 0) is 39.6 Å². The molecule has 1 unspecified atom stereocenters. The lowest BCUT2D eigenvalue weighted by Gasteiger charge is -2.27. The van der Waals surface area contributed by atoms with Gasteiger partial charge in [0, 0.05) is 43.3 Å². The lowest BCUT2D eigenvalue weighted by molar-refractivity contribution is -0.143. The Bertz CT molecular complexity index is 2610. The molecule has 3 N–H and O–H groups in total. The zero-order valence-corrected chi connectivity index (χ0v) is 32.7. The number of methoxy groups -OCH3 is 2. The number of benzene rings is 4. The molecular weight excluding hydrogens is 780 g/mol. The lowest BCUT2D eigenvalue weighted by Crippen LogP contribution is -2.54. The van der Waals surface area contributed by atoms with Gasteiger partial charge in [-0.2, -0.15) is 9.49 Å². The van der Waals surface area contributed by atoms with Gasteiger partial charge in [0.15, 0.2) is 0 Å². The normalized spacial score (nSPS) is 12.6. The van der Waals surface area contributed by atoms with Gasteiger partial charge in [-0.15, -0.1) is 0 Å². The third-order valence-electron chi connectivity index (χ3n) is 9.44. The number of carbonyl (C=O) groups excluding carboxylic acids is 1. The standard InChI is InChI=1S/C41H38F3N5O8S/c1-6-57-22-23-15-33(55-4)36(34(16-23)56-5)29-12-9-26(38-30(29)21-46-49(38)3)20-41(2,40(51)52)47-39(50)37-31(42)18-27(19-32(37)43)48-58(53,54)28-10-7-24(8-11-28)25-13-14-45-35(44)17-25/h7-19,21,48H,6,20,22H2,1-5H3,(H,47,50)(H,51,52). The molecule has 0 saturated heterocycles. The molecule has 0 fully saturated rings. The van der Waals surface area contributed by atoms with Crippen molar-refractivity contribution in [1.82, 2.24) is 20.1 Å². The Morgan fingerprint density at radius 3 is 2.16 bits per heavy atom. The van der Waals surface area contributed by atoms with Crippen LogP contribution in [0.3, 0.4) is 0 Å². The van der Waals surface area contributed by atoms with E-state index >= 15 is 8.78 Å².